The molecule has 1 amide bonds. The fraction of sp³-hybridized carbons (Fsp3) is 0.136. The van der Waals surface area contributed by atoms with Crippen LogP contribution >= 0.6 is 0 Å². The second kappa shape index (κ2) is 7.48. The van der Waals surface area contributed by atoms with Crippen molar-refractivity contribution in [1.82, 2.24) is 5.32 Å². The number of hydrogen-bond acceptors (Lipinski definition) is 3. The molecule has 5 nitrogen and oxygen atoms in total. The number of hydrogen-bond donors (Lipinski definition) is 2. The van der Waals surface area contributed by atoms with E-state index in [-0.39, 0.29) is 16.8 Å². The van der Waals surface area contributed by atoms with Crippen molar-refractivity contribution in [2.24, 2.45) is 0 Å². The van der Waals surface area contributed by atoms with Crippen LogP contribution in [0.3, 0.4) is 0 Å². The standard InChI is InChI=1S/C22H20N2O3S/c25-22(23-19-12-13-19)18-6-10-20(11-7-18)24-28(26,27)21-14-8-17(9-15-21)16-4-2-1-3-5-16/h1-11,14-15,19,24H,12-13H2,(H,23,25). The lowest BCUT2D eigenvalue weighted by Crippen LogP contribution is -2.25. The lowest BCUT2D eigenvalue weighted by molar-refractivity contribution is 0.0951. The van der Waals surface area contributed by atoms with Gasteiger partial charge < -0.3 is 5.32 Å². The van der Waals surface area contributed by atoms with Crippen LogP contribution in [-0.4, -0.2) is 20.4 Å². The Morgan fingerprint density at radius 2 is 1.39 bits per heavy atom. The van der Waals surface area contributed by atoms with Crippen LogP contribution in [0.1, 0.15) is 23.2 Å². The molecule has 0 atom stereocenters. The number of carbonyl (C=O) groups excluding carboxylic acids is 1. The number of benzene rings is 3. The predicted molar refractivity (Wildman–Crippen MR) is 110 cm³/mol. The largest absolute Gasteiger partial charge is 0.349 e. The van der Waals surface area contributed by atoms with Crippen molar-refractivity contribution in [3.63, 3.8) is 0 Å². The number of nitrogens with one attached hydrogen (secondary N) is 2. The first-order chi connectivity index (χ1) is 13.5. The molecule has 28 heavy (non-hydrogen) atoms. The predicted octanol–water partition coefficient (Wildman–Crippen LogP) is 4.05. The zero-order valence-electron chi connectivity index (χ0n) is 15.1. The van der Waals surface area contributed by atoms with Gasteiger partial charge in [0.05, 0.1) is 4.90 Å². The molecule has 6 heteroatoms. The Bertz CT molecular complexity index is 1070. The van der Waals surface area contributed by atoms with Crippen molar-refractivity contribution in [3.05, 3.63) is 84.4 Å². The molecule has 0 aromatic heterocycles. The van der Waals surface area contributed by atoms with Gasteiger partial charge in [0.15, 0.2) is 0 Å². The van der Waals surface area contributed by atoms with Gasteiger partial charge >= 0.3 is 0 Å². The van der Waals surface area contributed by atoms with Crippen LogP contribution < -0.4 is 10.0 Å². The summed E-state index contributed by atoms with van der Waals surface area (Å²) in [4.78, 5) is 12.2. The zero-order chi connectivity index (χ0) is 19.6. The first-order valence-corrected chi connectivity index (χ1v) is 10.6. The monoisotopic (exact) mass is 392 g/mol. The molecule has 1 aliphatic carbocycles. The van der Waals surface area contributed by atoms with Gasteiger partial charge in [0.1, 0.15) is 0 Å². The third-order valence-electron chi connectivity index (χ3n) is 4.58. The summed E-state index contributed by atoms with van der Waals surface area (Å²) >= 11 is 0. The Kier molecular flexibility index (Phi) is 4.88. The van der Waals surface area contributed by atoms with Crippen molar-refractivity contribution in [2.75, 3.05) is 4.72 Å². The van der Waals surface area contributed by atoms with E-state index < -0.39 is 10.0 Å². The molecule has 142 valence electrons. The van der Waals surface area contributed by atoms with Gasteiger partial charge in [0, 0.05) is 17.3 Å². The van der Waals surface area contributed by atoms with Crippen LogP contribution in [0.15, 0.2) is 83.8 Å². The summed E-state index contributed by atoms with van der Waals surface area (Å²) in [5, 5.41) is 2.90. The van der Waals surface area contributed by atoms with Crippen LogP contribution in [0.25, 0.3) is 11.1 Å². The number of rotatable bonds is 6. The van der Waals surface area contributed by atoms with E-state index in [1.54, 1.807) is 48.5 Å². The summed E-state index contributed by atoms with van der Waals surface area (Å²) in [7, 11) is -3.70. The van der Waals surface area contributed by atoms with Crippen LogP contribution in [0, 0.1) is 0 Å². The molecule has 0 radical (unpaired) electrons. The quantitative estimate of drug-likeness (QED) is 0.665. The average molecular weight is 392 g/mol. The molecule has 1 fully saturated rings. The normalized spacial score (nSPS) is 13.7. The molecule has 0 bridgehead atoms. The molecular weight excluding hydrogens is 372 g/mol. The van der Waals surface area contributed by atoms with Crippen molar-refractivity contribution in [3.8, 4) is 11.1 Å². The molecule has 1 aliphatic rings. The molecule has 2 N–H and O–H groups in total. The third kappa shape index (κ3) is 4.23. The zero-order valence-corrected chi connectivity index (χ0v) is 15.9. The van der Waals surface area contributed by atoms with Gasteiger partial charge in [-0.15, -0.1) is 0 Å². The molecule has 1 saturated carbocycles. The van der Waals surface area contributed by atoms with Gasteiger partial charge in [-0.1, -0.05) is 42.5 Å². The lowest BCUT2D eigenvalue weighted by Gasteiger charge is -2.10. The lowest BCUT2D eigenvalue weighted by atomic mass is 10.1. The Morgan fingerprint density at radius 1 is 0.786 bits per heavy atom. The Labute approximate surface area is 164 Å². The molecule has 0 saturated heterocycles. The fourth-order valence-corrected chi connectivity index (χ4v) is 3.92. The summed E-state index contributed by atoms with van der Waals surface area (Å²) in [6.45, 7) is 0. The SMILES string of the molecule is O=C(NC1CC1)c1ccc(NS(=O)(=O)c2ccc(-c3ccccc3)cc2)cc1. The van der Waals surface area contributed by atoms with E-state index in [0.717, 1.165) is 24.0 Å². The molecule has 3 aromatic rings. The maximum Gasteiger partial charge on any atom is 0.261 e. The second-order valence-electron chi connectivity index (χ2n) is 6.82. The smallest absolute Gasteiger partial charge is 0.261 e. The minimum Gasteiger partial charge on any atom is -0.349 e. The van der Waals surface area contributed by atoms with Gasteiger partial charge in [-0.05, 0) is 60.4 Å². The summed E-state index contributed by atoms with van der Waals surface area (Å²) in [6.07, 6.45) is 2.04. The highest BCUT2D eigenvalue weighted by Gasteiger charge is 2.23. The van der Waals surface area contributed by atoms with Crippen molar-refractivity contribution < 1.29 is 13.2 Å². The van der Waals surface area contributed by atoms with Gasteiger partial charge in [0.2, 0.25) is 0 Å². The number of amides is 1. The molecule has 0 heterocycles. The van der Waals surface area contributed by atoms with Gasteiger partial charge in [-0.2, -0.15) is 0 Å². The number of carbonyl (C=O) groups is 1. The van der Waals surface area contributed by atoms with E-state index in [2.05, 4.69) is 10.0 Å². The topological polar surface area (TPSA) is 75.3 Å². The van der Waals surface area contributed by atoms with E-state index in [0.29, 0.717) is 11.3 Å². The van der Waals surface area contributed by atoms with E-state index in [9.17, 15) is 13.2 Å². The Hall–Kier alpha value is -3.12. The van der Waals surface area contributed by atoms with Crippen LogP contribution in [-0.2, 0) is 10.0 Å². The number of sulfonamides is 1. The third-order valence-corrected chi connectivity index (χ3v) is 5.98. The summed E-state index contributed by atoms with van der Waals surface area (Å²) in [5.74, 6) is -0.131. The molecule has 3 aromatic carbocycles. The minimum atomic E-state index is -3.70. The fourth-order valence-electron chi connectivity index (χ4n) is 2.86. The molecule has 0 aliphatic heterocycles. The van der Waals surface area contributed by atoms with E-state index in [4.69, 9.17) is 0 Å². The minimum absolute atomic E-state index is 0.131. The summed E-state index contributed by atoms with van der Waals surface area (Å²) in [6, 6.07) is 23.2. The summed E-state index contributed by atoms with van der Waals surface area (Å²) in [5.41, 5.74) is 2.90. The molecule has 0 unspecified atom stereocenters. The van der Waals surface area contributed by atoms with Gasteiger partial charge in [0.25, 0.3) is 15.9 Å². The van der Waals surface area contributed by atoms with E-state index >= 15 is 0 Å². The van der Waals surface area contributed by atoms with Gasteiger partial charge in [-0.3, -0.25) is 9.52 Å². The first-order valence-electron chi connectivity index (χ1n) is 9.10. The van der Waals surface area contributed by atoms with Crippen LogP contribution in [0.5, 0.6) is 0 Å². The highest BCUT2D eigenvalue weighted by molar-refractivity contribution is 7.92. The highest BCUT2D eigenvalue weighted by atomic mass is 32.2. The van der Waals surface area contributed by atoms with E-state index in [1.165, 1.54) is 0 Å². The molecular formula is C22H20N2O3S. The van der Waals surface area contributed by atoms with Crippen molar-refractivity contribution >= 4 is 21.6 Å². The van der Waals surface area contributed by atoms with Gasteiger partial charge in [-0.25, -0.2) is 8.42 Å². The maximum absolute atomic E-state index is 12.6. The molecule has 4 rings (SSSR count). The van der Waals surface area contributed by atoms with Crippen molar-refractivity contribution in [2.45, 2.75) is 23.8 Å². The summed E-state index contributed by atoms with van der Waals surface area (Å²) < 4.78 is 27.8. The Morgan fingerprint density at radius 3 is 2.00 bits per heavy atom. The maximum atomic E-state index is 12.6. The van der Waals surface area contributed by atoms with E-state index in [1.807, 2.05) is 30.3 Å². The average Bonchev–Trinajstić information content (AvgIpc) is 3.53. The number of anilines is 1. The van der Waals surface area contributed by atoms with Crippen molar-refractivity contribution in [1.29, 1.82) is 0 Å². The van der Waals surface area contributed by atoms with Crippen LogP contribution in [0.2, 0.25) is 0 Å². The highest BCUT2D eigenvalue weighted by Crippen LogP contribution is 2.23. The van der Waals surface area contributed by atoms with Crippen LogP contribution in [0.4, 0.5) is 5.69 Å². The first kappa shape index (κ1) is 18.3. The second-order valence-corrected chi connectivity index (χ2v) is 8.50. The molecule has 0 spiro atoms. The Balaban J connectivity index is 1.47.